The second kappa shape index (κ2) is 6.17. The number of fused-ring (bicyclic) bond motifs is 1. The molecule has 23 heavy (non-hydrogen) atoms. The molecule has 0 unspecified atom stereocenters. The quantitative estimate of drug-likeness (QED) is 0.849. The van der Waals surface area contributed by atoms with Crippen LogP contribution in [-0.2, 0) is 16.4 Å². The van der Waals surface area contributed by atoms with Crippen LogP contribution in [0.5, 0.6) is 11.5 Å². The van der Waals surface area contributed by atoms with Gasteiger partial charge in [0, 0.05) is 24.9 Å². The van der Waals surface area contributed by atoms with Gasteiger partial charge in [-0.25, -0.2) is 13.1 Å². The Morgan fingerprint density at radius 1 is 1.22 bits per heavy atom. The molecule has 3 rings (SSSR count). The number of sulfonamides is 1. The Morgan fingerprint density at radius 2 is 2.00 bits per heavy atom. The Morgan fingerprint density at radius 3 is 2.74 bits per heavy atom. The zero-order chi connectivity index (χ0) is 16.4. The predicted octanol–water partition coefficient (Wildman–Crippen LogP) is 1.44. The minimum atomic E-state index is -3.64. The summed E-state index contributed by atoms with van der Waals surface area (Å²) in [5.74, 6) is 2.05. The molecule has 0 radical (unpaired) electrons. The third kappa shape index (κ3) is 3.45. The van der Waals surface area contributed by atoms with Crippen molar-refractivity contribution in [3.05, 3.63) is 30.0 Å². The van der Waals surface area contributed by atoms with E-state index in [1.807, 2.05) is 13.8 Å². The van der Waals surface area contributed by atoms with E-state index >= 15 is 0 Å². The fraction of sp³-hybridized carbons (Fsp3) is 0.429. The van der Waals surface area contributed by atoms with Crippen LogP contribution in [0.3, 0.4) is 0 Å². The molecule has 0 amide bonds. The maximum Gasteiger partial charge on any atom is 0.240 e. The molecule has 1 aromatic heterocycles. The number of hydrogen-bond acceptors (Lipinski definition) is 7. The molecule has 1 N–H and O–H groups in total. The summed E-state index contributed by atoms with van der Waals surface area (Å²) < 4.78 is 42.8. The third-order valence-corrected chi connectivity index (χ3v) is 4.72. The summed E-state index contributed by atoms with van der Waals surface area (Å²) >= 11 is 0. The highest BCUT2D eigenvalue weighted by molar-refractivity contribution is 7.89. The van der Waals surface area contributed by atoms with Gasteiger partial charge in [-0.2, -0.15) is 0 Å². The van der Waals surface area contributed by atoms with Gasteiger partial charge in [-0.15, -0.1) is 10.2 Å². The number of nitrogens with zero attached hydrogens (tertiary/aromatic N) is 2. The number of ether oxygens (including phenoxy) is 2. The van der Waals surface area contributed by atoms with Crippen LogP contribution in [-0.4, -0.2) is 32.0 Å². The average Bonchev–Trinajstić information content (AvgIpc) is 3.15. The molecule has 0 atom stereocenters. The van der Waals surface area contributed by atoms with E-state index in [1.165, 1.54) is 12.1 Å². The summed E-state index contributed by atoms with van der Waals surface area (Å²) in [6.45, 7) is 4.15. The third-order valence-electron chi connectivity index (χ3n) is 3.26. The van der Waals surface area contributed by atoms with Gasteiger partial charge < -0.3 is 13.9 Å². The molecule has 0 saturated heterocycles. The zero-order valence-electron chi connectivity index (χ0n) is 12.8. The molecular formula is C14H17N3O5S. The minimum absolute atomic E-state index is 0.0988. The van der Waals surface area contributed by atoms with Crippen molar-refractivity contribution in [2.45, 2.75) is 31.1 Å². The van der Waals surface area contributed by atoms with E-state index in [0.29, 0.717) is 29.7 Å². The van der Waals surface area contributed by atoms with Crippen molar-refractivity contribution < 1.29 is 22.3 Å². The Balaban J connectivity index is 1.62. The molecule has 2 heterocycles. The number of benzene rings is 1. The molecule has 1 aliphatic rings. The normalized spacial score (nSPS) is 13.7. The van der Waals surface area contributed by atoms with Gasteiger partial charge in [-0.05, 0) is 12.1 Å². The van der Waals surface area contributed by atoms with Crippen LogP contribution in [0.25, 0.3) is 0 Å². The van der Waals surface area contributed by atoms with E-state index in [4.69, 9.17) is 13.9 Å². The molecule has 0 spiro atoms. The summed E-state index contributed by atoms with van der Waals surface area (Å²) in [5, 5.41) is 7.79. The number of nitrogens with one attached hydrogen (secondary N) is 1. The molecule has 1 aliphatic heterocycles. The Labute approximate surface area is 133 Å². The van der Waals surface area contributed by atoms with Crippen molar-refractivity contribution in [1.29, 1.82) is 0 Å². The van der Waals surface area contributed by atoms with Crippen LogP contribution in [0.2, 0.25) is 0 Å². The summed E-state index contributed by atoms with van der Waals surface area (Å²) in [6, 6.07) is 4.48. The van der Waals surface area contributed by atoms with Crippen LogP contribution >= 0.6 is 0 Å². The lowest BCUT2D eigenvalue weighted by Gasteiger charge is -2.06. The van der Waals surface area contributed by atoms with Crippen LogP contribution in [0.1, 0.15) is 31.5 Å². The maximum atomic E-state index is 12.3. The molecule has 124 valence electrons. The highest BCUT2D eigenvalue weighted by Crippen LogP contribution is 2.33. The Bertz CT molecular complexity index is 800. The first-order chi connectivity index (χ1) is 11.0. The Hall–Kier alpha value is -2.13. The molecule has 0 fully saturated rings. The van der Waals surface area contributed by atoms with Crippen LogP contribution in [0.15, 0.2) is 27.5 Å². The van der Waals surface area contributed by atoms with E-state index in [-0.39, 0.29) is 24.2 Å². The fourth-order valence-electron chi connectivity index (χ4n) is 2.02. The van der Waals surface area contributed by atoms with Crippen molar-refractivity contribution in [2.24, 2.45) is 0 Å². The molecule has 8 nitrogen and oxygen atoms in total. The van der Waals surface area contributed by atoms with E-state index in [2.05, 4.69) is 14.9 Å². The van der Waals surface area contributed by atoms with Gasteiger partial charge >= 0.3 is 0 Å². The summed E-state index contributed by atoms with van der Waals surface area (Å²) in [5.41, 5.74) is 0. The fourth-order valence-corrected chi connectivity index (χ4v) is 3.07. The second-order valence-electron chi connectivity index (χ2n) is 5.35. The summed E-state index contributed by atoms with van der Waals surface area (Å²) in [4.78, 5) is 0.121. The van der Waals surface area contributed by atoms with Crippen molar-refractivity contribution in [3.63, 3.8) is 0 Å². The van der Waals surface area contributed by atoms with Crippen molar-refractivity contribution in [1.82, 2.24) is 14.9 Å². The van der Waals surface area contributed by atoms with Gasteiger partial charge in [0.1, 0.15) is 0 Å². The predicted molar refractivity (Wildman–Crippen MR) is 79.8 cm³/mol. The van der Waals surface area contributed by atoms with E-state index in [0.717, 1.165) is 0 Å². The molecule has 2 aromatic rings. The van der Waals surface area contributed by atoms with Crippen LogP contribution < -0.4 is 14.2 Å². The number of rotatable bonds is 6. The van der Waals surface area contributed by atoms with Crippen LogP contribution in [0.4, 0.5) is 0 Å². The SMILES string of the molecule is CC(C)c1nnc(CCNS(=O)(=O)c2ccc3c(c2)OCO3)o1. The lowest BCUT2D eigenvalue weighted by atomic mass is 10.2. The summed E-state index contributed by atoms with van der Waals surface area (Å²) in [6.07, 6.45) is 0.323. The highest BCUT2D eigenvalue weighted by Gasteiger charge is 2.20. The molecular weight excluding hydrogens is 322 g/mol. The van der Waals surface area contributed by atoms with Gasteiger partial charge in [0.2, 0.25) is 28.6 Å². The van der Waals surface area contributed by atoms with Crippen LogP contribution in [0, 0.1) is 0 Å². The lowest BCUT2D eigenvalue weighted by Crippen LogP contribution is -2.26. The maximum absolute atomic E-state index is 12.3. The molecule has 0 saturated carbocycles. The first-order valence-corrected chi connectivity index (χ1v) is 8.65. The zero-order valence-corrected chi connectivity index (χ0v) is 13.6. The van der Waals surface area contributed by atoms with Gasteiger partial charge in [0.15, 0.2) is 11.5 Å². The van der Waals surface area contributed by atoms with E-state index < -0.39 is 10.0 Å². The standard InChI is InChI=1S/C14H17N3O5S/c1-9(2)14-17-16-13(22-14)5-6-15-23(18,19)10-3-4-11-12(7-10)21-8-20-11/h3-4,7,9,15H,5-6,8H2,1-2H3. The number of hydrogen-bond donors (Lipinski definition) is 1. The van der Waals surface area contributed by atoms with E-state index in [1.54, 1.807) is 6.07 Å². The lowest BCUT2D eigenvalue weighted by molar-refractivity contribution is 0.174. The van der Waals surface area contributed by atoms with Crippen molar-refractivity contribution >= 4 is 10.0 Å². The highest BCUT2D eigenvalue weighted by atomic mass is 32.2. The van der Waals surface area contributed by atoms with Gasteiger partial charge in [0.25, 0.3) is 0 Å². The smallest absolute Gasteiger partial charge is 0.240 e. The second-order valence-corrected chi connectivity index (χ2v) is 7.12. The van der Waals surface area contributed by atoms with Crippen molar-refractivity contribution in [3.8, 4) is 11.5 Å². The monoisotopic (exact) mass is 339 g/mol. The van der Waals surface area contributed by atoms with Gasteiger partial charge in [-0.3, -0.25) is 0 Å². The largest absolute Gasteiger partial charge is 0.454 e. The van der Waals surface area contributed by atoms with E-state index in [9.17, 15) is 8.42 Å². The first kappa shape index (κ1) is 15.8. The average molecular weight is 339 g/mol. The van der Waals surface area contributed by atoms with Gasteiger partial charge in [0.05, 0.1) is 4.90 Å². The first-order valence-electron chi connectivity index (χ1n) is 7.17. The molecule has 1 aromatic carbocycles. The number of aromatic nitrogens is 2. The topological polar surface area (TPSA) is 104 Å². The summed E-state index contributed by atoms with van der Waals surface area (Å²) in [7, 11) is -3.64. The molecule has 9 heteroatoms. The van der Waals surface area contributed by atoms with Crippen molar-refractivity contribution in [2.75, 3.05) is 13.3 Å². The minimum Gasteiger partial charge on any atom is -0.454 e. The molecule has 0 aliphatic carbocycles. The van der Waals surface area contributed by atoms with Gasteiger partial charge in [-0.1, -0.05) is 13.8 Å². The Kier molecular flexibility index (Phi) is 4.22. The molecule has 0 bridgehead atoms.